The van der Waals surface area contributed by atoms with Crippen molar-refractivity contribution in [3.8, 4) is 0 Å². The summed E-state index contributed by atoms with van der Waals surface area (Å²) < 4.78 is 0. The molecular formula is C19H32ClN. The summed E-state index contributed by atoms with van der Waals surface area (Å²) >= 11 is 6.36. The quantitative estimate of drug-likeness (QED) is 0.500. The molecule has 0 saturated heterocycles. The van der Waals surface area contributed by atoms with Crippen LogP contribution in [-0.2, 0) is 6.42 Å². The van der Waals surface area contributed by atoms with Gasteiger partial charge in [-0.2, -0.15) is 0 Å². The molecule has 0 bridgehead atoms. The Balaban J connectivity index is 2.38. The molecule has 120 valence electrons. The average Bonchev–Trinajstić information content (AvgIpc) is 2.45. The molecule has 0 amide bonds. The minimum Gasteiger partial charge on any atom is -0.314 e. The normalized spacial score (nSPS) is 12.6. The van der Waals surface area contributed by atoms with Crippen LogP contribution in [0.4, 0.5) is 0 Å². The summed E-state index contributed by atoms with van der Waals surface area (Å²) in [7, 11) is 0. The first-order valence-corrected chi connectivity index (χ1v) is 9.03. The lowest BCUT2D eigenvalue weighted by Gasteiger charge is -2.19. The fraction of sp³-hybridized carbons (Fsp3) is 0.684. The third-order valence-electron chi connectivity index (χ3n) is 4.07. The highest BCUT2D eigenvalue weighted by Gasteiger charge is 2.10. The highest BCUT2D eigenvalue weighted by molar-refractivity contribution is 6.31. The largest absolute Gasteiger partial charge is 0.314 e. The first kappa shape index (κ1) is 18.5. The lowest BCUT2D eigenvalue weighted by molar-refractivity contribution is 0.459. The molecule has 1 nitrogen and oxygen atoms in total. The van der Waals surface area contributed by atoms with Crippen LogP contribution in [0.5, 0.6) is 0 Å². The minimum atomic E-state index is 0.557. The Morgan fingerprint density at radius 1 is 1.05 bits per heavy atom. The van der Waals surface area contributed by atoms with Crippen molar-refractivity contribution in [3.63, 3.8) is 0 Å². The molecule has 0 aliphatic heterocycles. The van der Waals surface area contributed by atoms with E-state index in [1.165, 1.54) is 56.1 Å². The van der Waals surface area contributed by atoms with Gasteiger partial charge in [-0.05, 0) is 43.5 Å². The van der Waals surface area contributed by atoms with Crippen molar-refractivity contribution < 1.29 is 0 Å². The van der Waals surface area contributed by atoms with Crippen molar-refractivity contribution in [2.75, 3.05) is 6.54 Å². The highest BCUT2D eigenvalue weighted by atomic mass is 35.5. The van der Waals surface area contributed by atoms with Crippen molar-refractivity contribution in [2.45, 2.75) is 78.2 Å². The van der Waals surface area contributed by atoms with Gasteiger partial charge in [0.1, 0.15) is 0 Å². The SMILES string of the molecule is CCCCCCCCC(Cc1ccc(C)cc1Cl)NCC. The molecule has 1 atom stereocenters. The molecule has 1 unspecified atom stereocenters. The fourth-order valence-electron chi connectivity index (χ4n) is 2.82. The zero-order chi connectivity index (χ0) is 15.5. The number of hydrogen-bond donors (Lipinski definition) is 1. The van der Waals surface area contributed by atoms with Gasteiger partial charge in [0.15, 0.2) is 0 Å². The van der Waals surface area contributed by atoms with E-state index in [9.17, 15) is 0 Å². The predicted molar refractivity (Wildman–Crippen MR) is 95.4 cm³/mol. The number of likely N-dealkylation sites (N-methyl/N-ethyl adjacent to an activating group) is 1. The Morgan fingerprint density at radius 3 is 2.43 bits per heavy atom. The van der Waals surface area contributed by atoms with Gasteiger partial charge >= 0.3 is 0 Å². The smallest absolute Gasteiger partial charge is 0.0441 e. The van der Waals surface area contributed by atoms with Crippen LogP contribution < -0.4 is 5.32 Å². The predicted octanol–water partition coefficient (Wildman–Crippen LogP) is 5.92. The molecule has 0 aliphatic rings. The van der Waals surface area contributed by atoms with Gasteiger partial charge in [-0.3, -0.25) is 0 Å². The van der Waals surface area contributed by atoms with Gasteiger partial charge in [0.25, 0.3) is 0 Å². The molecule has 21 heavy (non-hydrogen) atoms. The maximum absolute atomic E-state index is 6.36. The average molecular weight is 310 g/mol. The summed E-state index contributed by atoms with van der Waals surface area (Å²) in [6.45, 7) is 7.58. The molecule has 0 heterocycles. The van der Waals surface area contributed by atoms with E-state index in [-0.39, 0.29) is 0 Å². The maximum atomic E-state index is 6.36. The zero-order valence-electron chi connectivity index (χ0n) is 14.1. The Kier molecular flexibility index (Phi) is 9.78. The number of benzene rings is 1. The summed E-state index contributed by atoms with van der Waals surface area (Å²) in [4.78, 5) is 0. The molecule has 1 aromatic carbocycles. The van der Waals surface area contributed by atoms with Gasteiger partial charge in [-0.1, -0.05) is 76.1 Å². The van der Waals surface area contributed by atoms with Crippen LogP contribution in [0.15, 0.2) is 18.2 Å². The van der Waals surface area contributed by atoms with Crippen LogP contribution in [0, 0.1) is 6.92 Å². The zero-order valence-corrected chi connectivity index (χ0v) is 14.8. The topological polar surface area (TPSA) is 12.0 Å². The number of unbranched alkanes of at least 4 members (excludes halogenated alkanes) is 5. The number of hydrogen-bond acceptors (Lipinski definition) is 1. The van der Waals surface area contributed by atoms with Crippen molar-refractivity contribution in [1.29, 1.82) is 0 Å². The summed E-state index contributed by atoms with van der Waals surface area (Å²) in [6, 6.07) is 6.98. The summed E-state index contributed by atoms with van der Waals surface area (Å²) in [5, 5.41) is 4.53. The second-order valence-corrected chi connectivity index (χ2v) is 6.52. The molecule has 0 radical (unpaired) electrons. The van der Waals surface area contributed by atoms with E-state index >= 15 is 0 Å². The van der Waals surface area contributed by atoms with E-state index in [0.29, 0.717) is 6.04 Å². The van der Waals surface area contributed by atoms with Crippen LogP contribution >= 0.6 is 11.6 Å². The summed E-state index contributed by atoms with van der Waals surface area (Å²) in [5.41, 5.74) is 2.51. The highest BCUT2D eigenvalue weighted by Crippen LogP contribution is 2.20. The molecular weight excluding hydrogens is 278 g/mol. The lowest BCUT2D eigenvalue weighted by atomic mass is 9.99. The molecule has 1 N–H and O–H groups in total. The molecule has 0 aliphatic carbocycles. The fourth-order valence-corrected chi connectivity index (χ4v) is 3.13. The Hall–Kier alpha value is -0.530. The van der Waals surface area contributed by atoms with E-state index < -0.39 is 0 Å². The number of nitrogens with one attached hydrogen (secondary N) is 1. The second kappa shape index (κ2) is 11.1. The van der Waals surface area contributed by atoms with E-state index in [4.69, 9.17) is 11.6 Å². The number of halogens is 1. The monoisotopic (exact) mass is 309 g/mol. The standard InChI is InChI=1S/C19H32ClN/c1-4-6-7-8-9-10-11-18(21-5-2)15-17-13-12-16(3)14-19(17)20/h12-14,18,21H,4-11,15H2,1-3H3. The first-order valence-electron chi connectivity index (χ1n) is 8.65. The van der Waals surface area contributed by atoms with Gasteiger partial charge in [0, 0.05) is 11.1 Å². The molecule has 0 saturated carbocycles. The summed E-state index contributed by atoms with van der Waals surface area (Å²) in [6.07, 6.45) is 10.5. The lowest BCUT2D eigenvalue weighted by Crippen LogP contribution is -2.31. The van der Waals surface area contributed by atoms with Crippen LogP contribution in [-0.4, -0.2) is 12.6 Å². The molecule has 1 rings (SSSR count). The Bertz CT molecular complexity index is 389. The van der Waals surface area contributed by atoms with Crippen molar-refractivity contribution in [2.24, 2.45) is 0 Å². The van der Waals surface area contributed by atoms with Gasteiger partial charge in [-0.25, -0.2) is 0 Å². The minimum absolute atomic E-state index is 0.557. The van der Waals surface area contributed by atoms with Crippen molar-refractivity contribution >= 4 is 11.6 Å². The Morgan fingerprint density at radius 2 is 1.76 bits per heavy atom. The molecule has 0 aromatic heterocycles. The van der Waals surface area contributed by atoms with Gasteiger partial charge < -0.3 is 5.32 Å². The van der Waals surface area contributed by atoms with E-state index in [1.807, 2.05) is 0 Å². The van der Waals surface area contributed by atoms with Crippen LogP contribution in [0.2, 0.25) is 5.02 Å². The van der Waals surface area contributed by atoms with Gasteiger partial charge in [0.05, 0.1) is 0 Å². The molecule has 2 heteroatoms. The molecule has 0 spiro atoms. The number of aryl methyl sites for hydroxylation is 1. The first-order chi connectivity index (χ1) is 10.2. The molecule has 1 aromatic rings. The van der Waals surface area contributed by atoms with E-state index in [1.54, 1.807) is 0 Å². The van der Waals surface area contributed by atoms with Crippen molar-refractivity contribution in [1.82, 2.24) is 5.32 Å². The third kappa shape index (κ3) is 7.87. The van der Waals surface area contributed by atoms with Gasteiger partial charge in [-0.15, -0.1) is 0 Å². The van der Waals surface area contributed by atoms with Gasteiger partial charge in [0.2, 0.25) is 0 Å². The Labute approximate surface area is 136 Å². The van der Waals surface area contributed by atoms with Crippen LogP contribution in [0.1, 0.15) is 69.9 Å². The van der Waals surface area contributed by atoms with E-state index in [0.717, 1.165) is 18.0 Å². The number of rotatable bonds is 11. The van der Waals surface area contributed by atoms with E-state index in [2.05, 4.69) is 44.3 Å². The maximum Gasteiger partial charge on any atom is 0.0441 e. The molecule has 0 fully saturated rings. The summed E-state index contributed by atoms with van der Waals surface area (Å²) in [5.74, 6) is 0. The third-order valence-corrected chi connectivity index (χ3v) is 4.43. The second-order valence-electron chi connectivity index (χ2n) is 6.11. The van der Waals surface area contributed by atoms with Crippen LogP contribution in [0.3, 0.4) is 0 Å². The van der Waals surface area contributed by atoms with Crippen LogP contribution in [0.25, 0.3) is 0 Å². The van der Waals surface area contributed by atoms with Crippen molar-refractivity contribution in [3.05, 3.63) is 34.3 Å².